The van der Waals surface area contributed by atoms with Gasteiger partial charge < -0.3 is 10.6 Å². The number of anilines is 1. The largest absolute Gasteiger partial charge is 0.385 e. The maximum absolute atomic E-state index is 12.3. The van der Waals surface area contributed by atoms with Gasteiger partial charge in [0.1, 0.15) is 0 Å². The van der Waals surface area contributed by atoms with Crippen LogP contribution in [0.25, 0.3) is 0 Å². The summed E-state index contributed by atoms with van der Waals surface area (Å²) in [5, 5.41) is 6.45. The fraction of sp³-hybridized carbons (Fsp3) is 0.588. The Hall–Kier alpha value is -1.16. The average Bonchev–Trinajstić information content (AvgIpc) is 2.90. The maximum atomic E-state index is 12.3. The van der Waals surface area contributed by atoms with Gasteiger partial charge in [-0.1, -0.05) is 6.92 Å². The first-order valence-corrected chi connectivity index (χ1v) is 8.79. The van der Waals surface area contributed by atoms with Crippen LogP contribution < -0.4 is 10.6 Å². The lowest BCUT2D eigenvalue weighted by Crippen LogP contribution is -2.37. The molecule has 3 nitrogen and oxygen atoms in total. The van der Waals surface area contributed by atoms with Crippen molar-refractivity contribution in [3.05, 3.63) is 29.3 Å². The highest BCUT2D eigenvalue weighted by Crippen LogP contribution is 2.37. The number of carbonyl (C=O) groups excluding carboxylic acids is 1. The number of aryl methyl sites for hydroxylation is 1. The van der Waals surface area contributed by atoms with Crippen molar-refractivity contribution in [3.63, 3.8) is 0 Å². The summed E-state index contributed by atoms with van der Waals surface area (Å²) in [5.74, 6) is 1.26. The summed E-state index contributed by atoms with van der Waals surface area (Å²) in [6.45, 7) is 8.10. The van der Waals surface area contributed by atoms with E-state index >= 15 is 0 Å². The van der Waals surface area contributed by atoms with Crippen LogP contribution in [0.4, 0.5) is 5.69 Å². The van der Waals surface area contributed by atoms with Gasteiger partial charge in [-0.15, -0.1) is 0 Å². The Morgan fingerprint density at radius 2 is 2.24 bits per heavy atom. The predicted molar refractivity (Wildman–Crippen MR) is 92.4 cm³/mol. The highest BCUT2D eigenvalue weighted by atomic mass is 32.2. The molecule has 0 radical (unpaired) electrons. The molecule has 0 spiro atoms. The topological polar surface area (TPSA) is 41.1 Å². The van der Waals surface area contributed by atoms with E-state index in [-0.39, 0.29) is 10.7 Å². The van der Waals surface area contributed by atoms with Crippen molar-refractivity contribution in [2.45, 2.75) is 44.8 Å². The van der Waals surface area contributed by atoms with E-state index in [1.165, 1.54) is 18.6 Å². The molecule has 1 heterocycles. The van der Waals surface area contributed by atoms with Gasteiger partial charge in [0.2, 0.25) is 0 Å². The van der Waals surface area contributed by atoms with Gasteiger partial charge in [-0.3, -0.25) is 4.79 Å². The van der Waals surface area contributed by atoms with Crippen molar-refractivity contribution in [2.75, 3.05) is 24.2 Å². The van der Waals surface area contributed by atoms with Gasteiger partial charge in [0.05, 0.1) is 0 Å². The van der Waals surface area contributed by atoms with Crippen LogP contribution in [0.3, 0.4) is 0 Å². The summed E-state index contributed by atoms with van der Waals surface area (Å²) < 4.78 is 0.214. The molecule has 1 amide bonds. The minimum atomic E-state index is 0.0447. The first-order valence-electron chi connectivity index (χ1n) is 7.81. The Bertz CT molecular complexity index is 496. The molecular weight excluding hydrogens is 280 g/mol. The molecule has 1 aliphatic rings. The monoisotopic (exact) mass is 306 g/mol. The van der Waals surface area contributed by atoms with Crippen molar-refractivity contribution in [1.29, 1.82) is 0 Å². The molecule has 4 heteroatoms. The van der Waals surface area contributed by atoms with E-state index in [9.17, 15) is 4.79 Å². The van der Waals surface area contributed by atoms with Crippen molar-refractivity contribution in [3.8, 4) is 0 Å². The van der Waals surface area contributed by atoms with Gasteiger partial charge in [0, 0.05) is 29.1 Å². The number of benzene rings is 1. The highest BCUT2D eigenvalue weighted by molar-refractivity contribution is 8.00. The first-order chi connectivity index (χ1) is 10.0. The smallest absolute Gasteiger partial charge is 0.251 e. The number of carbonyl (C=O) groups is 1. The zero-order valence-electron chi connectivity index (χ0n) is 13.3. The standard InChI is InChI=1S/C17H26N2OS/c1-4-9-18-14-6-7-15(13(2)11-14)16(20)19-12-17(3)8-5-10-21-17/h6-7,11,18H,4-5,8-10,12H2,1-3H3,(H,19,20). The Labute approximate surface area is 132 Å². The molecular formula is C17H26N2OS. The van der Waals surface area contributed by atoms with Crippen LogP contribution >= 0.6 is 11.8 Å². The molecule has 1 aromatic carbocycles. The third-order valence-electron chi connectivity index (χ3n) is 3.97. The van der Waals surface area contributed by atoms with Gasteiger partial charge in [0.25, 0.3) is 5.91 Å². The number of nitrogens with one attached hydrogen (secondary N) is 2. The summed E-state index contributed by atoms with van der Waals surface area (Å²) in [6.07, 6.45) is 3.54. The summed E-state index contributed by atoms with van der Waals surface area (Å²) in [4.78, 5) is 12.3. The van der Waals surface area contributed by atoms with Crippen LogP contribution in [0.1, 0.15) is 49.0 Å². The molecule has 1 fully saturated rings. The molecule has 2 N–H and O–H groups in total. The number of amides is 1. The Morgan fingerprint density at radius 3 is 2.86 bits per heavy atom. The summed E-state index contributed by atoms with van der Waals surface area (Å²) in [5.41, 5.74) is 2.89. The zero-order chi connectivity index (χ0) is 15.3. The summed E-state index contributed by atoms with van der Waals surface area (Å²) >= 11 is 1.97. The summed E-state index contributed by atoms with van der Waals surface area (Å²) in [6, 6.07) is 5.97. The van der Waals surface area contributed by atoms with Crippen molar-refractivity contribution in [1.82, 2.24) is 5.32 Å². The van der Waals surface area contributed by atoms with Crippen LogP contribution in [0, 0.1) is 6.92 Å². The molecule has 116 valence electrons. The SMILES string of the molecule is CCCNc1ccc(C(=O)NCC2(C)CCCS2)c(C)c1. The molecule has 1 unspecified atom stereocenters. The molecule has 0 bridgehead atoms. The van der Waals surface area contributed by atoms with Crippen molar-refractivity contribution < 1.29 is 4.79 Å². The molecule has 1 atom stereocenters. The van der Waals surface area contributed by atoms with Crippen LogP contribution in [-0.4, -0.2) is 29.5 Å². The van der Waals surface area contributed by atoms with Gasteiger partial charge in [-0.25, -0.2) is 0 Å². The molecule has 0 aromatic heterocycles. The fourth-order valence-electron chi connectivity index (χ4n) is 2.64. The minimum absolute atomic E-state index is 0.0447. The number of thioether (sulfide) groups is 1. The lowest BCUT2D eigenvalue weighted by atomic mass is 10.0. The van der Waals surface area contributed by atoms with E-state index in [0.29, 0.717) is 0 Å². The fourth-order valence-corrected chi connectivity index (χ4v) is 3.88. The van der Waals surface area contributed by atoms with Gasteiger partial charge >= 0.3 is 0 Å². The average molecular weight is 306 g/mol. The van der Waals surface area contributed by atoms with E-state index in [4.69, 9.17) is 0 Å². The summed E-state index contributed by atoms with van der Waals surface area (Å²) in [7, 11) is 0. The maximum Gasteiger partial charge on any atom is 0.251 e. The van der Waals surface area contributed by atoms with Crippen molar-refractivity contribution in [2.24, 2.45) is 0 Å². The van der Waals surface area contributed by atoms with Crippen molar-refractivity contribution >= 4 is 23.4 Å². The van der Waals surface area contributed by atoms with E-state index in [1.807, 2.05) is 30.8 Å². The molecule has 1 saturated heterocycles. The normalized spacial score (nSPS) is 21.3. The van der Waals surface area contributed by atoms with Gasteiger partial charge in [-0.2, -0.15) is 11.8 Å². The molecule has 1 aromatic rings. The van der Waals surface area contributed by atoms with Crippen LogP contribution in [-0.2, 0) is 0 Å². The molecule has 1 aliphatic heterocycles. The van der Waals surface area contributed by atoms with E-state index in [0.717, 1.165) is 36.3 Å². The third-order valence-corrected chi connectivity index (χ3v) is 5.51. The number of rotatable bonds is 6. The van der Waals surface area contributed by atoms with Gasteiger partial charge in [-0.05, 0) is 62.6 Å². The first kappa shape index (κ1) is 16.2. The second-order valence-electron chi connectivity index (χ2n) is 6.04. The molecule has 2 rings (SSSR count). The lowest BCUT2D eigenvalue weighted by molar-refractivity contribution is 0.0949. The zero-order valence-corrected chi connectivity index (χ0v) is 14.1. The molecule has 0 saturated carbocycles. The third kappa shape index (κ3) is 4.40. The van der Waals surface area contributed by atoms with E-state index in [1.54, 1.807) is 0 Å². The second-order valence-corrected chi connectivity index (χ2v) is 7.72. The minimum Gasteiger partial charge on any atom is -0.385 e. The Morgan fingerprint density at radius 1 is 1.43 bits per heavy atom. The predicted octanol–water partition coefficient (Wildman–Crippen LogP) is 3.83. The van der Waals surface area contributed by atoms with E-state index < -0.39 is 0 Å². The van der Waals surface area contributed by atoms with Crippen LogP contribution in [0.2, 0.25) is 0 Å². The lowest BCUT2D eigenvalue weighted by Gasteiger charge is -2.23. The number of hydrogen-bond donors (Lipinski definition) is 2. The quantitative estimate of drug-likeness (QED) is 0.839. The van der Waals surface area contributed by atoms with E-state index in [2.05, 4.69) is 30.5 Å². The van der Waals surface area contributed by atoms with Crippen LogP contribution in [0.15, 0.2) is 18.2 Å². The highest BCUT2D eigenvalue weighted by Gasteiger charge is 2.29. The Kier molecular flexibility index (Phi) is 5.57. The van der Waals surface area contributed by atoms with Crippen LogP contribution in [0.5, 0.6) is 0 Å². The molecule has 0 aliphatic carbocycles. The van der Waals surface area contributed by atoms with Gasteiger partial charge in [0.15, 0.2) is 0 Å². The molecule has 21 heavy (non-hydrogen) atoms. The second kappa shape index (κ2) is 7.21. The Balaban J connectivity index is 1.95. The number of hydrogen-bond acceptors (Lipinski definition) is 3.